The average Bonchev–Trinajstić information content (AvgIpc) is 3.89. The van der Waals surface area contributed by atoms with E-state index >= 15 is 4.79 Å². The van der Waals surface area contributed by atoms with Crippen LogP contribution in [0.3, 0.4) is 0 Å². The number of aromatic nitrogens is 1. The maximum atomic E-state index is 15.2. The van der Waals surface area contributed by atoms with E-state index < -0.39 is 126 Å². The van der Waals surface area contributed by atoms with Crippen LogP contribution in [0.15, 0.2) is 104 Å². The van der Waals surface area contributed by atoms with Gasteiger partial charge in [0.15, 0.2) is 0 Å². The first kappa shape index (κ1) is 52.2. The quantitative estimate of drug-likeness (QED) is 0.0557. The fourth-order valence-electron chi connectivity index (χ4n) is 8.54. The van der Waals surface area contributed by atoms with Crippen LogP contribution in [0.2, 0.25) is 0 Å². The highest BCUT2D eigenvalue weighted by Gasteiger charge is 2.61. The molecule has 8 atom stereocenters. The van der Waals surface area contributed by atoms with Gasteiger partial charge in [-0.05, 0) is 36.0 Å². The van der Waals surface area contributed by atoms with Crippen molar-refractivity contribution >= 4 is 64.3 Å². The minimum atomic E-state index is -1.66. The lowest BCUT2D eigenvalue weighted by atomic mass is 9.85. The van der Waals surface area contributed by atoms with Gasteiger partial charge in [-0.2, -0.15) is 0 Å². The Balaban J connectivity index is 1.32. The number of carboxylic acids is 3. The molecule has 1 aliphatic carbocycles. The van der Waals surface area contributed by atoms with Crippen molar-refractivity contribution in [1.82, 2.24) is 36.5 Å². The molecule has 2 aliphatic rings. The van der Waals surface area contributed by atoms with E-state index in [1.165, 1.54) is 23.1 Å². The van der Waals surface area contributed by atoms with E-state index in [1.54, 1.807) is 45.0 Å². The molecule has 0 spiro atoms. The van der Waals surface area contributed by atoms with Crippen molar-refractivity contribution in [2.75, 3.05) is 6.54 Å². The fourth-order valence-corrected chi connectivity index (χ4v) is 8.54. The number of carbonyl (C=O) groups is 9. The Bertz CT molecular complexity index is 2700. The molecule has 1 aromatic heterocycles. The van der Waals surface area contributed by atoms with Gasteiger partial charge in [0, 0.05) is 42.7 Å². The Morgan fingerprint density at radius 2 is 1.45 bits per heavy atom. The molecule has 6 rings (SSSR count). The molecule has 374 valence electrons. The van der Waals surface area contributed by atoms with Gasteiger partial charge in [0.1, 0.15) is 47.6 Å². The molecular weight excluding hydrogens is 919 g/mol. The Hall–Kier alpha value is -8.16. The van der Waals surface area contributed by atoms with Crippen molar-refractivity contribution in [2.45, 2.75) is 102 Å². The predicted molar refractivity (Wildman–Crippen MR) is 256 cm³/mol. The molecule has 1 saturated heterocycles. The van der Waals surface area contributed by atoms with Gasteiger partial charge < -0.3 is 51.5 Å². The molecule has 1 saturated carbocycles. The van der Waals surface area contributed by atoms with Crippen molar-refractivity contribution in [3.05, 3.63) is 109 Å². The van der Waals surface area contributed by atoms with Crippen LogP contribution in [0.1, 0.15) is 71.4 Å². The highest BCUT2D eigenvalue weighted by molar-refractivity contribution is 5.99. The van der Waals surface area contributed by atoms with Crippen LogP contribution in [0.5, 0.6) is 5.75 Å². The van der Waals surface area contributed by atoms with Gasteiger partial charge in [-0.3, -0.25) is 38.4 Å². The van der Waals surface area contributed by atoms with E-state index in [4.69, 9.17) is 9.72 Å². The second kappa shape index (κ2) is 22.1. The van der Waals surface area contributed by atoms with Crippen molar-refractivity contribution < 1.29 is 63.2 Å². The van der Waals surface area contributed by atoms with Gasteiger partial charge in [-0.1, -0.05) is 99.6 Å². The molecule has 71 heavy (non-hydrogen) atoms. The Kier molecular flexibility index (Phi) is 16.2. The molecule has 0 radical (unpaired) electrons. The lowest BCUT2D eigenvalue weighted by molar-refractivity contribution is -0.147. The van der Waals surface area contributed by atoms with E-state index in [1.807, 2.05) is 54.6 Å². The summed E-state index contributed by atoms with van der Waals surface area (Å²) in [6.45, 7) is 9.56. The van der Waals surface area contributed by atoms with E-state index in [0.29, 0.717) is 22.3 Å². The minimum Gasteiger partial charge on any atom is -0.488 e. The Morgan fingerprint density at radius 3 is 2.04 bits per heavy atom. The number of ether oxygens (including phenoxy) is 1. The predicted octanol–water partition coefficient (Wildman–Crippen LogP) is 3.11. The third kappa shape index (κ3) is 12.7. The number of likely N-dealkylation sites (tertiary alicyclic amines) is 1. The van der Waals surface area contributed by atoms with Crippen LogP contribution in [0, 0.1) is 11.3 Å². The summed E-state index contributed by atoms with van der Waals surface area (Å²) in [5.74, 6) is -9.58. The number of pyridine rings is 1. The number of para-hydroxylation sites is 1. The van der Waals surface area contributed by atoms with Gasteiger partial charge in [0.05, 0.1) is 24.2 Å². The van der Waals surface area contributed by atoms with E-state index in [9.17, 15) is 53.7 Å². The molecule has 8 N–H and O–H groups in total. The number of carbonyl (C=O) groups excluding carboxylic acids is 6. The number of fused-ring (bicyclic) bond motifs is 1. The maximum Gasteiger partial charge on any atom is 0.330 e. The normalized spacial score (nSPS) is 19.9. The summed E-state index contributed by atoms with van der Waals surface area (Å²) in [7, 11) is 0. The van der Waals surface area contributed by atoms with E-state index in [-0.39, 0.29) is 24.9 Å². The third-order valence-electron chi connectivity index (χ3n) is 12.4. The Morgan fingerprint density at radius 1 is 0.817 bits per heavy atom. The van der Waals surface area contributed by atoms with Crippen LogP contribution in [-0.4, -0.2) is 121 Å². The van der Waals surface area contributed by atoms with Crippen LogP contribution >= 0.6 is 0 Å². The number of carboxylic acid groups (broad SMARTS) is 3. The van der Waals surface area contributed by atoms with Crippen LogP contribution < -0.4 is 31.3 Å². The smallest absolute Gasteiger partial charge is 0.330 e. The zero-order valence-corrected chi connectivity index (χ0v) is 39.5. The number of rotatable bonds is 21. The molecule has 4 aromatic rings. The standard InChI is InChI=1S/C51H57N7O13/c1-6-31-26-51(31,49(69)70)57-46(66)38-23-32(71-39-24-36(29-15-9-7-10-16-29)53-34-20-14-13-19-33(34)39)27-58(38)48(68)43(50(3,4)5)56-47(67)42(30-17-11-8-12-18-30)55-44(64)35(21-22-40(60)61)54-45(65)37(25-41(62)63)52-28(2)59/h6-20,24,31-32,35,37-38,42-43H,1,21-23,25-27H2,2-5H3,(H,52,59)(H,54,65)(H,55,64)(H,56,67)(H,57,66)(H,60,61)(H,62,63)(H,69,70)/t31-,32-,35-,37+,38+,42+,43-,51-/m1/s1. The summed E-state index contributed by atoms with van der Waals surface area (Å²) in [6, 6.07) is 18.6. The summed E-state index contributed by atoms with van der Waals surface area (Å²) >= 11 is 0. The maximum absolute atomic E-state index is 15.2. The third-order valence-corrected chi connectivity index (χ3v) is 12.4. The molecule has 6 amide bonds. The lowest BCUT2D eigenvalue weighted by Crippen LogP contribution is -2.60. The summed E-state index contributed by atoms with van der Waals surface area (Å²) in [6.07, 6.45) is -1.44. The molecular formula is C51H57N7O13. The number of hydrogen-bond acceptors (Lipinski definition) is 11. The number of nitrogens with one attached hydrogen (secondary N) is 5. The monoisotopic (exact) mass is 975 g/mol. The second-order valence-corrected chi connectivity index (χ2v) is 18.7. The SMILES string of the molecule is C=C[C@@H]1C[C@]1(NC(=O)[C@@H]1C[C@@H](Oc2cc(-c3ccccc3)nc3ccccc23)CN1C(=O)[C@@H](NC(=O)[C@@H](NC(=O)[C@@H](CCC(=O)O)NC(=O)[C@H](CC(=O)O)NC(C)=O)c1ccccc1)C(C)(C)C)C(=O)O. The van der Waals surface area contributed by atoms with Crippen LogP contribution in [-0.2, 0) is 43.2 Å². The van der Waals surface area contributed by atoms with Crippen LogP contribution in [0.4, 0.5) is 0 Å². The van der Waals surface area contributed by atoms with Crippen molar-refractivity contribution in [3.8, 4) is 17.0 Å². The molecule has 20 nitrogen and oxygen atoms in total. The number of benzene rings is 3. The largest absolute Gasteiger partial charge is 0.488 e. The van der Waals surface area contributed by atoms with Gasteiger partial charge in [-0.15, -0.1) is 6.58 Å². The second-order valence-electron chi connectivity index (χ2n) is 18.7. The molecule has 0 unspecified atom stereocenters. The number of amides is 6. The fraction of sp³-hybridized carbons (Fsp3) is 0.373. The first-order valence-electron chi connectivity index (χ1n) is 22.9. The van der Waals surface area contributed by atoms with Gasteiger partial charge in [0.2, 0.25) is 35.4 Å². The summed E-state index contributed by atoms with van der Waals surface area (Å²) in [5.41, 5.74) is -0.516. The number of aliphatic carboxylic acids is 3. The first-order chi connectivity index (χ1) is 33.6. The molecule has 1 aliphatic heterocycles. The molecule has 20 heteroatoms. The lowest BCUT2D eigenvalue weighted by Gasteiger charge is -2.36. The molecule has 2 fully saturated rings. The number of hydrogen-bond donors (Lipinski definition) is 8. The average molecular weight is 976 g/mol. The zero-order chi connectivity index (χ0) is 51.8. The minimum absolute atomic E-state index is 0.0791. The topological polar surface area (TPSA) is 300 Å². The molecule has 3 aromatic carbocycles. The van der Waals surface area contributed by atoms with Crippen molar-refractivity contribution in [1.29, 1.82) is 0 Å². The molecule has 2 heterocycles. The highest BCUT2D eigenvalue weighted by atomic mass is 16.5. The summed E-state index contributed by atoms with van der Waals surface area (Å²) in [5, 5.41) is 42.2. The Labute approximate surface area is 408 Å². The highest BCUT2D eigenvalue weighted by Crippen LogP contribution is 2.45. The van der Waals surface area contributed by atoms with Crippen molar-refractivity contribution in [2.24, 2.45) is 11.3 Å². The van der Waals surface area contributed by atoms with Gasteiger partial charge >= 0.3 is 17.9 Å². The zero-order valence-electron chi connectivity index (χ0n) is 39.5. The molecule has 0 bridgehead atoms. The van der Waals surface area contributed by atoms with Gasteiger partial charge in [0.25, 0.3) is 0 Å². The van der Waals surface area contributed by atoms with E-state index in [2.05, 4.69) is 33.2 Å². The summed E-state index contributed by atoms with van der Waals surface area (Å²) in [4.78, 5) is 125. The van der Waals surface area contributed by atoms with Gasteiger partial charge in [-0.25, -0.2) is 9.78 Å². The number of nitrogens with zero attached hydrogens (tertiary/aromatic N) is 2. The van der Waals surface area contributed by atoms with Crippen LogP contribution in [0.25, 0.3) is 22.2 Å². The summed E-state index contributed by atoms with van der Waals surface area (Å²) < 4.78 is 6.67. The first-order valence-corrected chi connectivity index (χ1v) is 22.9. The van der Waals surface area contributed by atoms with Crippen molar-refractivity contribution in [3.63, 3.8) is 0 Å². The van der Waals surface area contributed by atoms with E-state index in [0.717, 1.165) is 12.5 Å².